The number of hydrogen-bond donors (Lipinski definition) is 1. The van der Waals surface area contributed by atoms with Crippen LogP contribution in [0.5, 0.6) is 0 Å². The van der Waals surface area contributed by atoms with E-state index in [4.69, 9.17) is 4.55 Å². The SMILES string of the molecule is C=C(C)CCCCCCCC(C)S(=O)(=O)O. The van der Waals surface area contributed by atoms with E-state index in [1.54, 1.807) is 6.92 Å². The lowest BCUT2D eigenvalue weighted by molar-refractivity contribution is 0.461. The second-order valence-electron chi connectivity index (χ2n) is 4.59. The Bertz CT molecular complexity index is 293. The molecule has 0 saturated carbocycles. The van der Waals surface area contributed by atoms with Crippen LogP contribution in [0.4, 0.5) is 0 Å². The summed E-state index contributed by atoms with van der Waals surface area (Å²) in [6.07, 6.45) is 7.02. The molecule has 0 aromatic rings. The molecular formula is C12H24O3S. The minimum absolute atomic E-state index is 0.555. The van der Waals surface area contributed by atoms with Gasteiger partial charge in [-0.1, -0.05) is 31.3 Å². The Hall–Kier alpha value is -0.350. The molecule has 1 unspecified atom stereocenters. The van der Waals surface area contributed by atoms with Crippen LogP contribution < -0.4 is 0 Å². The van der Waals surface area contributed by atoms with Crippen molar-refractivity contribution in [2.75, 3.05) is 0 Å². The molecule has 0 radical (unpaired) electrons. The summed E-state index contributed by atoms with van der Waals surface area (Å²) in [7, 11) is -3.82. The molecule has 0 aliphatic carbocycles. The minimum atomic E-state index is -3.82. The first kappa shape index (κ1) is 15.7. The van der Waals surface area contributed by atoms with Crippen molar-refractivity contribution in [3.8, 4) is 0 Å². The summed E-state index contributed by atoms with van der Waals surface area (Å²) in [6.45, 7) is 7.43. The summed E-state index contributed by atoms with van der Waals surface area (Å²) in [4.78, 5) is 0. The molecular weight excluding hydrogens is 224 g/mol. The number of unbranched alkanes of at least 4 members (excludes halogenated alkanes) is 4. The monoisotopic (exact) mass is 248 g/mol. The van der Waals surface area contributed by atoms with E-state index < -0.39 is 15.4 Å². The van der Waals surface area contributed by atoms with Crippen LogP contribution in [-0.4, -0.2) is 18.2 Å². The van der Waals surface area contributed by atoms with Gasteiger partial charge in [-0.05, 0) is 33.1 Å². The molecule has 0 heterocycles. The molecule has 1 atom stereocenters. The molecule has 0 saturated heterocycles. The van der Waals surface area contributed by atoms with Crippen molar-refractivity contribution < 1.29 is 13.0 Å². The van der Waals surface area contributed by atoms with Crippen LogP contribution in [0.25, 0.3) is 0 Å². The van der Waals surface area contributed by atoms with E-state index >= 15 is 0 Å². The van der Waals surface area contributed by atoms with Crippen LogP contribution in [0.3, 0.4) is 0 Å². The van der Waals surface area contributed by atoms with Crippen molar-refractivity contribution in [3.05, 3.63) is 12.2 Å². The fourth-order valence-corrected chi connectivity index (χ4v) is 2.00. The van der Waals surface area contributed by atoms with Gasteiger partial charge in [-0.15, -0.1) is 6.58 Å². The Morgan fingerprint density at radius 2 is 1.69 bits per heavy atom. The van der Waals surface area contributed by atoms with Gasteiger partial charge in [-0.25, -0.2) is 0 Å². The molecule has 96 valence electrons. The summed E-state index contributed by atoms with van der Waals surface area (Å²) >= 11 is 0. The third kappa shape index (κ3) is 8.92. The summed E-state index contributed by atoms with van der Waals surface area (Å²) in [5, 5.41) is -0.622. The van der Waals surface area contributed by atoms with E-state index in [1.807, 2.05) is 6.92 Å². The van der Waals surface area contributed by atoms with Crippen LogP contribution >= 0.6 is 0 Å². The molecule has 0 fully saturated rings. The third-order valence-electron chi connectivity index (χ3n) is 2.72. The van der Waals surface area contributed by atoms with Crippen LogP contribution in [0.2, 0.25) is 0 Å². The van der Waals surface area contributed by atoms with Gasteiger partial charge in [-0.2, -0.15) is 8.42 Å². The molecule has 3 nitrogen and oxygen atoms in total. The Morgan fingerprint density at radius 3 is 2.19 bits per heavy atom. The Morgan fingerprint density at radius 1 is 1.19 bits per heavy atom. The van der Waals surface area contributed by atoms with Gasteiger partial charge in [0.2, 0.25) is 0 Å². The van der Waals surface area contributed by atoms with Crippen LogP contribution in [-0.2, 0) is 10.1 Å². The van der Waals surface area contributed by atoms with E-state index in [1.165, 1.54) is 18.4 Å². The van der Waals surface area contributed by atoms with Crippen molar-refractivity contribution in [3.63, 3.8) is 0 Å². The second-order valence-corrected chi connectivity index (χ2v) is 6.42. The highest BCUT2D eigenvalue weighted by molar-refractivity contribution is 7.86. The summed E-state index contributed by atoms with van der Waals surface area (Å²) in [6, 6.07) is 0. The van der Waals surface area contributed by atoms with Gasteiger partial charge >= 0.3 is 0 Å². The molecule has 0 aliphatic heterocycles. The Labute approximate surface area is 99.7 Å². The van der Waals surface area contributed by atoms with Crippen molar-refractivity contribution in [1.29, 1.82) is 0 Å². The molecule has 0 spiro atoms. The Balaban J connectivity index is 3.38. The first-order valence-electron chi connectivity index (χ1n) is 5.94. The maximum atomic E-state index is 10.7. The predicted molar refractivity (Wildman–Crippen MR) is 68.1 cm³/mol. The van der Waals surface area contributed by atoms with Crippen molar-refractivity contribution in [2.24, 2.45) is 0 Å². The van der Waals surface area contributed by atoms with Crippen LogP contribution in [0.1, 0.15) is 58.8 Å². The van der Waals surface area contributed by atoms with Crippen molar-refractivity contribution in [1.82, 2.24) is 0 Å². The quantitative estimate of drug-likeness (QED) is 0.385. The lowest BCUT2D eigenvalue weighted by Crippen LogP contribution is -2.16. The van der Waals surface area contributed by atoms with Gasteiger partial charge in [0.15, 0.2) is 0 Å². The summed E-state index contributed by atoms with van der Waals surface area (Å²) in [5.74, 6) is 0. The van der Waals surface area contributed by atoms with Crippen molar-refractivity contribution >= 4 is 10.1 Å². The van der Waals surface area contributed by atoms with Crippen LogP contribution in [0.15, 0.2) is 12.2 Å². The maximum Gasteiger partial charge on any atom is 0.267 e. The minimum Gasteiger partial charge on any atom is -0.285 e. The Kier molecular flexibility index (Phi) is 7.68. The van der Waals surface area contributed by atoms with Crippen molar-refractivity contribution in [2.45, 2.75) is 64.0 Å². The van der Waals surface area contributed by atoms with E-state index in [0.717, 1.165) is 25.7 Å². The molecule has 0 aliphatic rings. The fourth-order valence-electron chi connectivity index (χ4n) is 1.54. The highest BCUT2D eigenvalue weighted by Gasteiger charge is 2.15. The highest BCUT2D eigenvalue weighted by atomic mass is 32.2. The molecule has 4 heteroatoms. The number of allylic oxidation sites excluding steroid dienone is 1. The smallest absolute Gasteiger partial charge is 0.267 e. The van der Waals surface area contributed by atoms with Crippen LogP contribution in [0, 0.1) is 0 Å². The van der Waals surface area contributed by atoms with E-state index in [-0.39, 0.29) is 0 Å². The molecule has 0 bridgehead atoms. The largest absolute Gasteiger partial charge is 0.285 e. The van der Waals surface area contributed by atoms with Gasteiger partial charge in [0.25, 0.3) is 10.1 Å². The van der Waals surface area contributed by atoms with Gasteiger partial charge in [0, 0.05) is 0 Å². The van der Waals surface area contributed by atoms with E-state index in [2.05, 4.69) is 6.58 Å². The van der Waals surface area contributed by atoms with Gasteiger partial charge in [0.1, 0.15) is 0 Å². The average Bonchev–Trinajstić information content (AvgIpc) is 2.14. The average molecular weight is 248 g/mol. The molecule has 0 aromatic carbocycles. The second kappa shape index (κ2) is 7.85. The van der Waals surface area contributed by atoms with Gasteiger partial charge < -0.3 is 0 Å². The lowest BCUT2D eigenvalue weighted by Gasteiger charge is -2.07. The van der Waals surface area contributed by atoms with E-state index in [9.17, 15) is 8.42 Å². The zero-order valence-corrected chi connectivity index (χ0v) is 11.2. The zero-order valence-electron chi connectivity index (χ0n) is 10.4. The molecule has 0 amide bonds. The molecule has 1 N–H and O–H groups in total. The zero-order chi connectivity index (χ0) is 12.6. The first-order chi connectivity index (χ1) is 7.34. The number of rotatable bonds is 9. The maximum absolute atomic E-state index is 10.7. The fraction of sp³-hybridized carbons (Fsp3) is 0.833. The first-order valence-corrected chi connectivity index (χ1v) is 7.45. The number of hydrogen-bond acceptors (Lipinski definition) is 2. The summed E-state index contributed by atoms with van der Waals surface area (Å²) < 4.78 is 30.2. The molecule has 16 heavy (non-hydrogen) atoms. The highest BCUT2D eigenvalue weighted by Crippen LogP contribution is 2.13. The molecule has 0 rings (SSSR count). The third-order valence-corrected chi connectivity index (χ3v) is 3.98. The standard InChI is InChI=1S/C12H24O3S/c1-11(2)9-7-5-4-6-8-10-12(3)16(13,14)15/h12H,1,4-10H2,2-3H3,(H,13,14,15). The summed E-state index contributed by atoms with van der Waals surface area (Å²) in [5.41, 5.74) is 1.22. The van der Waals surface area contributed by atoms with Gasteiger partial charge in [0.05, 0.1) is 5.25 Å². The van der Waals surface area contributed by atoms with E-state index in [0.29, 0.717) is 6.42 Å². The normalized spacial score (nSPS) is 13.7. The predicted octanol–water partition coefficient (Wildman–Crippen LogP) is 3.57. The topological polar surface area (TPSA) is 54.4 Å². The van der Waals surface area contributed by atoms with Gasteiger partial charge in [-0.3, -0.25) is 4.55 Å². The molecule has 0 aromatic heterocycles. The lowest BCUT2D eigenvalue weighted by atomic mass is 10.1.